The van der Waals surface area contributed by atoms with E-state index in [4.69, 9.17) is 15.0 Å². The van der Waals surface area contributed by atoms with E-state index in [0.29, 0.717) is 17.5 Å². The molecule has 3 heterocycles. The molecule has 0 aliphatic heterocycles. The number of benzene rings is 8. The van der Waals surface area contributed by atoms with Gasteiger partial charge in [0.2, 0.25) is 0 Å². The highest BCUT2D eigenvalue weighted by Gasteiger charge is 2.19. The summed E-state index contributed by atoms with van der Waals surface area (Å²) in [6, 6.07) is 68.3. The third kappa shape index (κ3) is 5.37. The first-order valence-corrected chi connectivity index (χ1v) is 18.9. The van der Waals surface area contributed by atoms with Crippen molar-refractivity contribution in [3.63, 3.8) is 0 Å². The van der Waals surface area contributed by atoms with Gasteiger partial charge >= 0.3 is 0 Å². The van der Waals surface area contributed by atoms with E-state index in [9.17, 15) is 0 Å². The Kier molecular flexibility index (Phi) is 7.42. The van der Waals surface area contributed by atoms with Crippen LogP contribution < -0.4 is 0 Å². The van der Waals surface area contributed by atoms with Crippen LogP contribution in [0.25, 0.3) is 100 Å². The van der Waals surface area contributed by atoms with Gasteiger partial charge in [-0.25, -0.2) is 15.0 Å². The highest BCUT2D eigenvalue weighted by atomic mass is 15.0. The molecule has 0 N–H and O–H groups in total. The first-order valence-electron chi connectivity index (χ1n) is 18.9. The minimum atomic E-state index is 0.617. The molecule has 5 heteroatoms. The van der Waals surface area contributed by atoms with Crippen molar-refractivity contribution >= 4 is 43.5 Å². The molecule has 3 aromatic heterocycles. The molecule has 0 atom stereocenters. The van der Waals surface area contributed by atoms with Crippen LogP contribution in [0.1, 0.15) is 0 Å². The van der Waals surface area contributed by atoms with Gasteiger partial charge in [-0.1, -0.05) is 140 Å². The zero-order valence-corrected chi connectivity index (χ0v) is 30.3. The van der Waals surface area contributed by atoms with Gasteiger partial charge < -0.3 is 9.13 Å². The second-order valence-corrected chi connectivity index (χ2v) is 14.1. The van der Waals surface area contributed by atoms with Gasteiger partial charge in [-0.3, -0.25) is 0 Å². The average Bonchev–Trinajstić information content (AvgIpc) is 3.85. The zero-order chi connectivity index (χ0) is 37.0. The van der Waals surface area contributed by atoms with Crippen LogP contribution in [0.5, 0.6) is 0 Å². The van der Waals surface area contributed by atoms with E-state index in [2.05, 4.69) is 149 Å². The topological polar surface area (TPSA) is 48.5 Å². The average molecular weight is 716 g/mol. The molecule has 0 unspecified atom stereocenters. The first-order chi connectivity index (χ1) is 27.7. The van der Waals surface area contributed by atoms with Crippen LogP contribution in [-0.4, -0.2) is 24.1 Å². The maximum atomic E-state index is 5.16. The lowest BCUT2D eigenvalue weighted by Gasteiger charge is -2.15. The van der Waals surface area contributed by atoms with Crippen LogP contribution in [0, 0.1) is 0 Å². The second kappa shape index (κ2) is 13.0. The van der Waals surface area contributed by atoms with Crippen LogP contribution in [0.2, 0.25) is 0 Å². The van der Waals surface area contributed by atoms with Gasteiger partial charge in [0, 0.05) is 55.8 Å². The Balaban J connectivity index is 1.20. The van der Waals surface area contributed by atoms with Crippen LogP contribution in [0.4, 0.5) is 0 Å². The van der Waals surface area contributed by atoms with Gasteiger partial charge in [-0.15, -0.1) is 0 Å². The van der Waals surface area contributed by atoms with Crippen LogP contribution in [0.3, 0.4) is 0 Å². The number of fused-ring (bicyclic) bond motifs is 6. The van der Waals surface area contributed by atoms with Crippen molar-refractivity contribution in [3.05, 3.63) is 200 Å². The van der Waals surface area contributed by atoms with Crippen molar-refractivity contribution in [3.8, 4) is 56.7 Å². The second-order valence-electron chi connectivity index (χ2n) is 14.1. The molecule has 0 aliphatic rings. The van der Waals surface area contributed by atoms with Gasteiger partial charge in [-0.05, 0) is 71.1 Å². The fraction of sp³-hybridized carbons (Fsp3) is 0. The molecule has 5 nitrogen and oxygen atoms in total. The lowest BCUT2D eigenvalue weighted by Crippen LogP contribution is -2.02. The molecule has 56 heavy (non-hydrogen) atoms. The van der Waals surface area contributed by atoms with Crippen LogP contribution >= 0.6 is 0 Å². The number of aromatic nitrogens is 5. The van der Waals surface area contributed by atoms with E-state index in [1.807, 2.05) is 60.7 Å². The summed E-state index contributed by atoms with van der Waals surface area (Å²) in [6.07, 6.45) is 2.17. The predicted molar refractivity (Wildman–Crippen MR) is 230 cm³/mol. The number of hydrogen-bond acceptors (Lipinski definition) is 3. The molecule has 0 saturated heterocycles. The maximum Gasteiger partial charge on any atom is 0.164 e. The molecule has 8 aromatic carbocycles. The molecule has 11 aromatic rings. The Morgan fingerprint density at radius 3 is 1.57 bits per heavy atom. The minimum absolute atomic E-state index is 0.617. The van der Waals surface area contributed by atoms with Crippen molar-refractivity contribution < 1.29 is 0 Å². The van der Waals surface area contributed by atoms with Gasteiger partial charge in [-0.2, -0.15) is 0 Å². The number of rotatable bonds is 6. The third-order valence-electron chi connectivity index (χ3n) is 10.7. The molecule has 0 bridgehead atoms. The molecule has 0 fully saturated rings. The third-order valence-corrected chi connectivity index (χ3v) is 10.7. The summed E-state index contributed by atoms with van der Waals surface area (Å²) in [5.41, 5.74) is 10.6. The summed E-state index contributed by atoms with van der Waals surface area (Å²) in [4.78, 5) is 15.3. The lowest BCUT2D eigenvalue weighted by atomic mass is 10.0. The minimum Gasteiger partial charge on any atom is -0.317 e. The smallest absolute Gasteiger partial charge is 0.164 e. The van der Waals surface area contributed by atoms with E-state index in [-0.39, 0.29) is 0 Å². The van der Waals surface area contributed by atoms with Gasteiger partial charge in [0.1, 0.15) is 0 Å². The highest BCUT2D eigenvalue weighted by Crippen LogP contribution is 2.40. The molecule has 0 saturated carbocycles. The Morgan fingerprint density at radius 1 is 0.321 bits per heavy atom. The molecule has 262 valence electrons. The van der Waals surface area contributed by atoms with E-state index in [1.54, 1.807) is 0 Å². The molecule has 11 rings (SSSR count). The van der Waals surface area contributed by atoms with Crippen LogP contribution in [0.15, 0.2) is 200 Å². The number of hydrogen-bond donors (Lipinski definition) is 0. The van der Waals surface area contributed by atoms with Crippen molar-refractivity contribution in [1.29, 1.82) is 0 Å². The molecule has 0 amide bonds. The molecule has 0 spiro atoms. The van der Waals surface area contributed by atoms with Crippen molar-refractivity contribution in [1.82, 2.24) is 24.1 Å². The fourth-order valence-electron chi connectivity index (χ4n) is 8.10. The van der Waals surface area contributed by atoms with Crippen molar-refractivity contribution in [2.45, 2.75) is 0 Å². The summed E-state index contributed by atoms with van der Waals surface area (Å²) in [7, 11) is 0. The molecular formula is C51H33N5. The molecular weight excluding hydrogens is 683 g/mol. The largest absolute Gasteiger partial charge is 0.317 e. The molecule has 0 radical (unpaired) electrons. The lowest BCUT2D eigenvalue weighted by molar-refractivity contribution is 1.07. The Bertz CT molecular complexity index is 3160. The van der Waals surface area contributed by atoms with E-state index >= 15 is 0 Å². The molecule has 0 aliphatic carbocycles. The highest BCUT2D eigenvalue weighted by molar-refractivity contribution is 6.20. The zero-order valence-electron chi connectivity index (χ0n) is 30.3. The summed E-state index contributed by atoms with van der Waals surface area (Å²) in [5, 5.41) is 5.98. The van der Waals surface area contributed by atoms with Crippen molar-refractivity contribution in [2.24, 2.45) is 0 Å². The monoisotopic (exact) mass is 715 g/mol. The first kappa shape index (κ1) is 31.9. The fourth-order valence-corrected chi connectivity index (χ4v) is 8.10. The van der Waals surface area contributed by atoms with E-state index in [0.717, 1.165) is 44.7 Å². The summed E-state index contributed by atoms with van der Waals surface area (Å²) >= 11 is 0. The predicted octanol–water partition coefficient (Wildman–Crippen LogP) is 12.7. The van der Waals surface area contributed by atoms with E-state index in [1.165, 1.54) is 38.0 Å². The Hall–Kier alpha value is -7.63. The Labute approximate surface area is 323 Å². The SMILES string of the molecule is c1ccc(-c2cc(-c3nc(-c4ccccc4)nc(-c4ccccc4)n3)cc(-n3c4ccccc4c4ccc5cc6c(ccn6-c6ccccc6)cc5c43)c2)cc1. The summed E-state index contributed by atoms with van der Waals surface area (Å²) < 4.78 is 4.70. The van der Waals surface area contributed by atoms with Gasteiger partial charge in [0.05, 0.1) is 16.6 Å². The summed E-state index contributed by atoms with van der Waals surface area (Å²) in [5.74, 6) is 1.89. The normalized spacial score (nSPS) is 11.6. The van der Waals surface area contributed by atoms with Gasteiger partial charge in [0.15, 0.2) is 17.5 Å². The summed E-state index contributed by atoms with van der Waals surface area (Å²) in [6.45, 7) is 0. The maximum absolute atomic E-state index is 5.16. The van der Waals surface area contributed by atoms with Crippen LogP contribution in [-0.2, 0) is 0 Å². The van der Waals surface area contributed by atoms with Gasteiger partial charge in [0.25, 0.3) is 0 Å². The number of para-hydroxylation sites is 2. The standard InChI is InChI=1S/C51H33N5/c1-5-15-34(16-6-1)39-29-40(51-53-49(35-17-7-2-8-18-35)52-50(54-51)36-19-9-3-10-20-36)31-42(30-39)56-46-24-14-13-23-43(46)44-26-25-37-33-47-38(32-45(37)48(44)56)27-28-55(47)41-21-11-4-12-22-41/h1-33H. The quantitative estimate of drug-likeness (QED) is 0.172. The van der Waals surface area contributed by atoms with Crippen molar-refractivity contribution in [2.75, 3.05) is 0 Å². The van der Waals surface area contributed by atoms with E-state index < -0.39 is 0 Å². The number of nitrogens with zero attached hydrogens (tertiary/aromatic N) is 5. The Morgan fingerprint density at radius 2 is 0.893 bits per heavy atom.